The summed E-state index contributed by atoms with van der Waals surface area (Å²) >= 11 is 11.5. The number of benzene rings is 2. The van der Waals surface area contributed by atoms with Crippen molar-refractivity contribution >= 4 is 46.5 Å². The zero-order valence-electron chi connectivity index (χ0n) is 17.5. The largest absolute Gasteiger partial charge is 0.504 e. The molecule has 0 saturated carbocycles. The second-order valence-electron chi connectivity index (χ2n) is 6.77. The normalized spacial score (nSPS) is 11.9. The minimum Gasteiger partial charge on any atom is -0.504 e. The van der Waals surface area contributed by atoms with Crippen molar-refractivity contribution in [3.8, 4) is 23.3 Å². The first-order chi connectivity index (χ1) is 16.2. The number of ether oxygens (including phenoxy) is 1. The predicted octanol–water partition coefficient (Wildman–Crippen LogP) is 7.16. The van der Waals surface area contributed by atoms with Gasteiger partial charge in [0.05, 0.1) is 27.6 Å². The Morgan fingerprint density at radius 2 is 1.71 bits per heavy atom. The highest BCUT2D eigenvalue weighted by molar-refractivity contribution is 8.00. The average molecular weight is 557 g/mol. The van der Waals surface area contributed by atoms with E-state index in [0.29, 0.717) is 12.1 Å². The van der Waals surface area contributed by atoms with E-state index in [1.54, 1.807) is 6.07 Å². The number of nitrogens with zero attached hydrogens (tertiary/aromatic N) is 4. The first-order valence-corrected chi connectivity index (χ1v) is 10.7. The van der Waals surface area contributed by atoms with E-state index >= 15 is 0 Å². The molecule has 0 aliphatic heterocycles. The smallest absolute Gasteiger partial charge is 0.446 e. The summed E-state index contributed by atoms with van der Waals surface area (Å²) in [7, 11) is 2.57. The van der Waals surface area contributed by atoms with Crippen LogP contribution in [0.1, 0.15) is 11.3 Å². The van der Waals surface area contributed by atoms with Gasteiger partial charge >= 0.3 is 11.7 Å². The van der Waals surface area contributed by atoms with E-state index in [1.807, 2.05) is 0 Å². The van der Waals surface area contributed by atoms with Crippen LogP contribution >= 0.6 is 35.0 Å². The fourth-order valence-corrected chi connectivity index (χ4v) is 4.43. The molecule has 0 spiro atoms. The van der Waals surface area contributed by atoms with Crippen molar-refractivity contribution in [3.63, 3.8) is 0 Å². The van der Waals surface area contributed by atoms with Crippen molar-refractivity contribution in [1.82, 2.24) is 9.78 Å². The number of hydrogen-bond donors (Lipinski definition) is 1. The minimum absolute atomic E-state index is 0.0171. The summed E-state index contributed by atoms with van der Waals surface area (Å²) in [5.74, 6) is -0.647. The molecule has 3 rings (SSSR count). The minimum atomic E-state index is -4.85. The Morgan fingerprint density at radius 3 is 2.20 bits per heavy atom. The van der Waals surface area contributed by atoms with Crippen LogP contribution in [0.4, 0.5) is 37.8 Å². The van der Waals surface area contributed by atoms with Crippen LogP contribution in [0.5, 0.6) is 11.5 Å². The SMILES string of the molecule is COc1cc(N(C)c2c(SC(F)(F)F)c(C#N)nn2-c2c(Cl)cc(C(F)(F)F)cc2Cl)ccc1O. The molecule has 0 aliphatic carbocycles. The summed E-state index contributed by atoms with van der Waals surface area (Å²) in [6.45, 7) is 0. The second-order valence-corrected chi connectivity index (χ2v) is 8.66. The molecule has 3 aromatic rings. The molecule has 15 heteroatoms. The molecular weight excluding hydrogens is 545 g/mol. The Kier molecular flexibility index (Phi) is 7.31. The molecule has 0 radical (unpaired) electrons. The van der Waals surface area contributed by atoms with Crippen molar-refractivity contribution in [2.45, 2.75) is 16.6 Å². The molecule has 6 nitrogen and oxygen atoms in total. The van der Waals surface area contributed by atoms with Crippen molar-refractivity contribution in [2.75, 3.05) is 19.1 Å². The number of hydrogen-bond acceptors (Lipinski definition) is 6. The highest BCUT2D eigenvalue weighted by atomic mass is 35.5. The van der Waals surface area contributed by atoms with Crippen LogP contribution in [-0.2, 0) is 6.18 Å². The van der Waals surface area contributed by atoms with E-state index in [0.717, 1.165) is 9.58 Å². The third kappa shape index (κ3) is 5.50. The molecule has 1 aromatic heterocycles. The van der Waals surface area contributed by atoms with Crippen LogP contribution in [0.2, 0.25) is 10.0 Å². The third-order valence-corrected chi connectivity index (χ3v) is 5.95. The summed E-state index contributed by atoms with van der Waals surface area (Å²) in [5.41, 5.74) is -6.91. The number of methoxy groups -OCH3 is 1. The molecule has 0 bridgehead atoms. The number of rotatable bonds is 5. The van der Waals surface area contributed by atoms with Gasteiger partial charge in [-0.15, -0.1) is 0 Å². The number of nitriles is 1. The van der Waals surface area contributed by atoms with Gasteiger partial charge in [0, 0.05) is 18.8 Å². The van der Waals surface area contributed by atoms with Crippen molar-refractivity contribution in [3.05, 3.63) is 51.6 Å². The van der Waals surface area contributed by atoms with Gasteiger partial charge in [0.15, 0.2) is 23.0 Å². The lowest BCUT2D eigenvalue weighted by Crippen LogP contribution is -2.17. The van der Waals surface area contributed by atoms with Gasteiger partial charge in [0.1, 0.15) is 11.8 Å². The van der Waals surface area contributed by atoms with E-state index in [2.05, 4.69) is 5.10 Å². The first kappa shape index (κ1) is 26.7. The summed E-state index contributed by atoms with van der Waals surface area (Å²) < 4.78 is 85.5. The molecule has 1 N–H and O–H groups in total. The molecule has 35 heavy (non-hydrogen) atoms. The number of alkyl halides is 6. The molecule has 186 valence electrons. The summed E-state index contributed by atoms with van der Waals surface area (Å²) in [4.78, 5) is 0.510. The van der Waals surface area contributed by atoms with E-state index in [1.165, 1.54) is 32.4 Å². The maximum Gasteiger partial charge on any atom is 0.446 e. The highest BCUT2D eigenvalue weighted by Gasteiger charge is 2.37. The fourth-order valence-electron chi connectivity index (χ4n) is 3.06. The predicted molar refractivity (Wildman–Crippen MR) is 118 cm³/mol. The third-order valence-electron chi connectivity index (χ3n) is 4.57. The van der Waals surface area contributed by atoms with E-state index < -0.39 is 49.6 Å². The standard InChI is InChI=1S/C20H12Cl2F6N4O2S/c1-31(10-3-4-14(33)15(7-10)34-2)18-17(35-20(26,27)28)13(8-29)30-32(18)16-11(21)5-9(6-12(16)22)19(23,24)25/h3-7,33H,1-2H3. The quantitative estimate of drug-likeness (QED) is 0.265. The topological polar surface area (TPSA) is 74.3 Å². The van der Waals surface area contributed by atoms with Crippen LogP contribution in [0.3, 0.4) is 0 Å². The number of phenolic OH excluding ortho intramolecular Hbond substituents is 1. The number of aromatic nitrogens is 2. The number of anilines is 2. The molecule has 0 aliphatic rings. The molecule has 0 amide bonds. The summed E-state index contributed by atoms with van der Waals surface area (Å²) in [5, 5.41) is 22.0. The maximum absolute atomic E-state index is 13.4. The lowest BCUT2D eigenvalue weighted by Gasteiger charge is -2.24. The average Bonchev–Trinajstić information content (AvgIpc) is 3.08. The summed E-state index contributed by atoms with van der Waals surface area (Å²) in [6, 6.07) is 6.47. The Morgan fingerprint density at radius 1 is 1.11 bits per heavy atom. The van der Waals surface area contributed by atoms with Crippen LogP contribution < -0.4 is 9.64 Å². The number of phenols is 1. The number of thioether (sulfide) groups is 1. The van der Waals surface area contributed by atoms with Gasteiger partial charge < -0.3 is 14.7 Å². The van der Waals surface area contributed by atoms with Crippen LogP contribution in [0.15, 0.2) is 35.2 Å². The van der Waals surface area contributed by atoms with Gasteiger partial charge in [-0.3, -0.25) is 0 Å². The van der Waals surface area contributed by atoms with Crippen molar-refractivity contribution < 1.29 is 36.2 Å². The van der Waals surface area contributed by atoms with Crippen LogP contribution in [-0.4, -0.2) is 34.6 Å². The lowest BCUT2D eigenvalue weighted by atomic mass is 10.2. The van der Waals surface area contributed by atoms with E-state index in [4.69, 9.17) is 27.9 Å². The Labute approximate surface area is 208 Å². The molecule has 0 fully saturated rings. The second kappa shape index (κ2) is 9.60. The monoisotopic (exact) mass is 556 g/mol. The van der Waals surface area contributed by atoms with Crippen molar-refractivity contribution in [1.29, 1.82) is 5.26 Å². The van der Waals surface area contributed by atoms with E-state index in [9.17, 15) is 36.7 Å². The van der Waals surface area contributed by atoms with Gasteiger partial charge in [0.2, 0.25) is 0 Å². The zero-order chi connectivity index (χ0) is 26.3. The Bertz CT molecular complexity index is 1300. The molecule has 0 unspecified atom stereocenters. The highest BCUT2D eigenvalue weighted by Crippen LogP contribution is 2.48. The van der Waals surface area contributed by atoms with Crippen LogP contribution in [0, 0.1) is 11.3 Å². The molecule has 0 atom stereocenters. The first-order valence-electron chi connectivity index (χ1n) is 9.14. The Balaban J connectivity index is 2.34. The maximum atomic E-state index is 13.4. The van der Waals surface area contributed by atoms with Gasteiger partial charge in [-0.2, -0.15) is 36.7 Å². The van der Waals surface area contributed by atoms with Gasteiger partial charge in [-0.05, 0) is 36.0 Å². The molecular formula is C20H12Cl2F6N4O2S. The lowest BCUT2D eigenvalue weighted by molar-refractivity contribution is -0.137. The number of aromatic hydroxyl groups is 1. The fraction of sp³-hybridized carbons (Fsp3) is 0.200. The summed E-state index contributed by atoms with van der Waals surface area (Å²) in [6.07, 6.45) is -4.80. The zero-order valence-corrected chi connectivity index (χ0v) is 19.8. The molecule has 2 aromatic carbocycles. The van der Waals surface area contributed by atoms with Crippen LogP contribution in [0.25, 0.3) is 5.69 Å². The van der Waals surface area contributed by atoms with Gasteiger partial charge in [-0.1, -0.05) is 23.2 Å². The molecule has 1 heterocycles. The van der Waals surface area contributed by atoms with E-state index in [-0.39, 0.29) is 28.7 Å². The van der Waals surface area contributed by atoms with Crippen molar-refractivity contribution in [2.24, 2.45) is 0 Å². The molecule has 0 saturated heterocycles. The number of halogens is 8. The van der Waals surface area contributed by atoms with Gasteiger partial charge in [-0.25, -0.2) is 4.68 Å². The Hall–Kier alpha value is -2.95. The van der Waals surface area contributed by atoms with Gasteiger partial charge in [0.25, 0.3) is 0 Å².